The predicted octanol–water partition coefficient (Wildman–Crippen LogP) is 18.9. The summed E-state index contributed by atoms with van der Waals surface area (Å²) in [4.78, 5) is 2.38. The van der Waals surface area contributed by atoms with Gasteiger partial charge in [-0.25, -0.2) is 0 Å². The van der Waals surface area contributed by atoms with Gasteiger partial charge in [0.05, 0.1) is 0 Å². The number of benzene rings is 12. The van der Waals surface area contributed by atoms with E-state index < -0.39 is 0 Å². The molecule has 12 aromatic carbocycles. The fraction of sp³-hybridized carbons (Fsp3) is 0. The molecule has 0 atom stereocenters. The van der Waals surface area contributed by atoms with Gasteiger partial charge in [-0.3, -0.25) is 0 Å². The van der Waals surface area contributed by atoms with Crippen molar-refractivity contribution in [2.24, 2.45) is 0 Å². The van der Waals surface area contributed by atoms with Crippen molar-refractivity contribution < 1.29 is 4.42 Å². The highest BCUT2D eigenvalue weighted by Gasteiger charge is 2.18. The number of hydrogen-bond acceptors (Lipinski definition) is 2. The molecule has 0 fully saturated rings. The Hall–Kier alpha value is -8.98. The molecule has 2 nitrogen and oxygen atoms in total. The number of para-hydroxylation sites is 2. The lowest BCUT2D eigenvalue weighted by Crippen LogP contribution is -2.10. The van der Waals surface area contributed by atoms with E-state index in [1.54, 1.807) is 0 Å². The van der Waals surface area contributed by atoms with Gasteiger partial charge in [-0.15, -0.1) is 0 Å². The normalized spacial score (nSPS) is 11.5. The molecular weight excluding hydrogens is 823 g/mol. The van der Waals surface area contributed by atoms with Crippen LogP contribution in [0.5, 0.6) is 0 Å². The predicted molar refractivity (Wildman–Crippen MR) is 288 cm³/mol. The quantitative estimate of drug-likeness (QED) is 0.142. The Balaban J connectivity index is 0.838. The van der Waals surface area contributed by atoms with Crippen LogP contribution in [0.3, 0.4) is 0 Å². The number of fused-ring (bicyclic) bond motifs is 9. The topological polar surface area (TPSA) is 16.4 Å². The second kappa shape index (κ2) is 16.5. The van der Waals surface area contributed by atoms with E-state index in [1.807, 2.05) is 0 Å². The van der Waals surface area contributed by atoms with Crippen molar-refractivity contribution in [2.45, 2.75) is 0 Å². The van der Waals surface area contributed by atoms with E-state index in [1.165, 1.54) is 49.0 Å². The summed E-state index contributed by atoms with van der Waals surface area (Å²) in [6, 6.07) is 94.2. The Morgan fingerprint density at radius 1 is 0.206 bits per heavy atom. The molecule has 13 rings (SSSR count). The van der Waals surface area contributed by atoms with Crippen molar-refractivity contribution in [2.75, 3.05) is 4.90 Å². The van der Waals surface area contributed by atoms with E-state index in [0.717, 1.165) is 77.9 Å². The van der Waals surface area contributed by atoms with Crippen molar-refractivity contribution >= 4 is 71.3 Å². The molecule has 0 amide bonds. The van der Waals surface area contributed by atoms with Crippen molar-refractivity contribution in [3.63, 3.8) is 0 Å². The lowest BCUT2D eigenvalue weighted by Gasteiger charge is -2.26. The molecule has 0 N–H and O–H groups in total. The van der Waals surface area contributed by atoms with Crippen LogP contribution in [0.2, 0.25) is 0 Å². The highest BCUT2D eigenvalue weighted by Crippen LogP contribution is 2.43. The van der Waals surface area contributed by atoms with Crippen LogP contribution < -0.4 is 4.90 Å². The van der Waals surface area contributed by atoms with Gasteiger partial charge in [-0.2, -0.15) is 0 Å². The second-order valence-corrected chi connectivity index (χ2v) is 17.6. The average molecular weight is 866 g/mol. The van der Waals surface area contributed by atoms with Crippen LogP contribution in [0.25, 0.3) is 110 Å². The zero-order chi connectivity index (χ0) is 45.0. The van der Waals surface area contributed by atoms with Crippen LogP contribution in [-0.4, -0.2) is 0 Å². The van der Waals surface area contributed by atoms with Gasteiger partial charge in [-0.1, -0.05) is 218 Å². The third-order valence-electron chi connectivity index (χ3n) is 13.7. The first kappa shape index (κ1) is 39.4. The summed E-state index contributed by atoms with van der Waals surface area (Å²) in [7, 11) is 0. The first-order valence-electron chi connectivity index (χ1n) is 23.3. The SMILES string of the molecule is c1ccc(-c2ccc(N(c3ccc(-c4ccc(-c5cccc(-c6cccc7c6oc6c(-c8ccccc8)cccc67)c5)cc4)cc3)c3ccc4c5ccccc5c5ccccc5c4c3)cc2)cc1. The van der Waals surface area contributed by atoms with E-state index in [-0.39, 0.29) is 0 Å². The Bertz CT molecular complexity index is 3950. The molecule has 0 aliphatic rings. The molecule has 1 aromatic heterocycles. The van der Waals surface area contributed by atoms with Gasteiger partial charge >= 0.3 is 0 Å². The van der Waals surface area contributed by atoms with Crippen LogP contribution in [0, 0.1) is 0 Å². The molecule has 0 spiro atoms. The molecule has 0 aliphatic carbocycles. The molecule has 0 saturated carbocycles. The van der Waals surface area contributed by atoms with Gasteiger partial charge in [0.1, 0.15) is 11.2 Å². The highest BCUT2D eigenvalue weighted by molar-refractivity contribution is 6.26. The van der Waals surface area contributed by atoms with Gasteiger partial charge in [0, 0.05) is 39.0 Å². The standard InChI is InChI=1S/C66H43NO/c1-3-14-44(15-4-1)46-32-36-52(37-33-46)67(54-40-41-61-59-22-8-7-20-57(59)58-21-9-10-23-60(58)64(61)43-54)53-38-34-47(35-39-53)45-28-30-48(31-29-45)50-18-11-19-51(42-50)56-25-13-27-63-62-26-12-24-55(65(62)68-66(56)63)49-16-5-2-6-17-49/h1-43H. The van der Waals surface area contributed by atoms with Crippen molar-refractivity contribution in [3.05, 3.63) is 261 Å². The van der Waals surface area contributed by atoms with Gasteiger partial charge in [0.25, 0.3) is 0 Å². The molecule has 0 bridgehead atoms. The maximum Gasteiger partial charge on any atom is 0.143 e. The molecular formula is C66H43NO. The lowest BCUT2D eigenvalue weighted by atomic mass is 9.94. The molecule has 0 unspecified atom stereocenters. The summed E-state index contributed by atoms with van der Waals surface area (Å²) < 4.78 is 6.77. The Labute approximate surface area is 395 Å². The van der Waals surface area contributed by atoms with Crippen LogP contribution >= 0.6 is 0 Å². The number of anilines is 3. The molecule has 0 saturated heterocycles. The summed E-state index contributed by atoms with van der Waals surface area (Å²) >= 11 is 0. The Kier molecular flexibility index (Phi) is 9.54. The molecule has 1 heterocycles. The number of hydrogen-bond donors (Lipinski definition) is 0. The van der Waals surface area contributed by atoms with Gasteiger partial charge < -0.3 is 9.32 Å². The number of nitrogens with zero attached hydrogens (tertiary/aromatic N) is 1. The second-order valence-electron chi connectivity index (χ2n) is 17.6. The van der Waals surface area contributed by atoms with E-state index in [2.05, 4.69) is 266 Å². The molecule has 318 valence electrons. The van der Waals surface area contributed by atoms with Crippen molar-refractivity contribution in [1.29, 1.82) is 0 Å². The van der Waals surface area contributed by atoms with Crippen LogP contribution in [0.15, 0.2) is 265 Å². The Morgan fingerprint density at radius 3 is 1.10 bits per heavy atom. The van der Waals surface area contributed by atoms with Crippen molar-refractivity contribution in [1.82, 2.24) is 0 Å². The van der Waals surface area contributed by atoms with Crippen molar-refractivity contribution in [3.8, 4) is 55.6 Å². The molecule has 0 radical (unpaired) electrons. The zero-order valence-corrected chi connectivity index (χ0v) is 37.2. The Morgan fingerprint density at radius 2 is 0.559 bits per heavy atom. The summed E-state index contributed by atoms with van der Waals surface area (Å²) in [5.41, 5.74) is 16.6. The van der Waals surface area contributed by atoms with Gasteiger partial charge in [0.15, 0.2) is 0 Å². The third-order valence-corrected chi connectivity index (χ3v) is 13.7. The summed E-state index contributed by atoms with van der Waals surface area (Å²) in [5.74, 6) is 0. The van der Waals surface area contributed by atoms with E-state index in [4.69, 9.17) is 4.42 Å². The van der Waals surface area contributed by atoms with Gasteiger partial charge in [-0.05, 0) is 119 Å². The minimum absolute atomic E-state index is 0.910. The molecule has 68 heavy (non-hydrogen) atoms. The summed E-state index contributed by atoms with van der Waals surface area (Å²) in [6.07, 6.45) is 0. The molecule has 0 aliphatic heterocycles. The molecule has 13 aromatic rings. The lowest BCUT2D eigenvalue weighted by molar-refractivity contribution is 0.671. The monoisotopic (exact) mass is 865 g/mol. The largest absolute Gasteiger partial charge is 0.455 e. The van der Waals surface area contributed by atoms with Crippen LogP contribution in [0.4, 0.5) is 17.1 Å². The average Bonchev–Trinajstić information content (AvgIpc) is 3.81. The zero-order valence-electron chi connectivity index (χ0n) is 37.2. The number of furan rings is 1. The maximum absolute atomic E-state index is 6.77. The van der Waals surface area contributed by atoms with Crippen LogP contribution in [0.1, 0.15) is 0 Å². The summed E-state index contributed by atoms with van der Waals surface area (Å²) in [6.45, 7) is 0. The number of rotatable bonds is 8. The highest BCUT2D eigenvalue weighted by atomic mass is 16.3. The summed E-state index contributed by atoms with van der Waals surface area (Å²) in [5, 5.41) is 9.84. The van der Waals surface area contributed by atoms with E-state index >= 15 is 0 Å². The van der Waals surface area contributed by atoms with E-state index in [0.29, 0.717) is 0 Å². The first-order chi connectivity index (χ1) is 33.7. The minimum Gasteiger partial charge on any atom is -0.455 e. The van der Waals surface area contributed by atoms with Crippen LogP contribution in [-0.2, 0) is 0 Å². The minimum atomic E-state index is 0.910. The maximum atomic E-state index is 6.77. The first-order valence-corrected chi connectivity index (χ1v) is 23.3. The third kappa shape index (κ3) is 6.82. The van der Waals surface area contributed by atoms with Gasteiger partial charge in [0.2, 0.25) is 0 Å². The van der Waals surface area contributed by atoms with E-state index in [9.17, 15) is 0 Å². The fourth-order valence-electron chi connectivity index (χ4n) is 10.3. The smallest absolute Gasteiger partial charge is 0.143 e. The molecule has 2 heteroatoms. The fourth-order valence-corrected chi connectivity index (χ4v) is 10.3.